The molecule has 1 aromatic rings. The molecule has 14 heavy (non-hydrogen) atoms. The molecule has 0 saturated heterocycles. The van der Waals surface area contributed by atoms with Gasteiger partial charge >= 0.3 is 5.97 Å². The molecule has 0 heterocycles. The minimum absolute atomic E-state index is 0.329. The predicted octanol–water partition coefficient (Wildman–Crippen LogP) is 2.00. The molecule has 0 N–H and O–H groups in total. The number of carbonyl (C=O) groups is 1. The molecule has 70 valence electrons. The maximum absolute atomic E-state index is 11.1. The van der Waals surface area contributed by atoms with Gasteiger partial charge in [0.25, 0.3) is 0 Å². The topological polar surface area (TPSA) is 26.3 Å². The second-order valence-corrected chi connectivity index (χ2v) is 3.00. The van der Waals surface area contributed by atoms with Crippen molar-refractivity contribution in [2.24, 2.45) is 0 Å². The number of ether oxygens (including phenoxy) is 1. The lowest BCUT2D eigenvalue weighted by Gasteiger charge is -1.99. The Hall–Kier alpha value is -1.51. The van der Waals surface area contributed by atoms with E-state index in [9.17, 15) is 4.79 Å². The number of methoxy groups -OCH3 is 1. The SMILES string of the molecule is [B]/C(C)=C\c1ccc(C(=O)OC)cc1. The van der Waals surface area contributed by atoms with Crippen molar-refractivity contribution in [2.45, 2.75) is 6.92 Å². The first kappa shape index (κ1) is 10.6. The Bertz CT molecular complexity index is 348. The molecule has 0 amide bonds. The lowest BCUT2D eigenvalue weighted by Crippen LogP contribution is -2.00. The molecular formula is C11H11BO2. The number of esters is 1. The van der Waals surface area contributed by atoms with Crippen molar-refractivity contribution in [1.29, 1.82) is 0 Å². The maximum Gasteiger partial charge on any atom is 0.337 e. The van der Waals surface area contributed by atoms with Gasteiger partial charge in [-0.15, -0.1) is 5.47 Å². The zero-order chi connectivity index (χ0) is 10.6. The number of rotatable bonds is 2. The molecule has 0 aromatic heterocycles. The van der Waals surface area contributed by atoms with E-state index >= 15 is 0 Å². The van der Waals surface area contributed by atoms with Crippen LogP contribution in [0.1, 0.15) is 22.8 Å². The fraction of sp³-hybridized carbons (Fsp3) is 0.182. The van der Waals surface area contributed by atoms with Crippen LogP contribution in [0, 0.1) is 0 Å². The Balaban J connectivity index is 2.89. The lowest BCUT2D eigenvalue weighted by atomic mass is 9.95. The van der Waals surface area contributed by atoms with Crippen LogP contribution in [0.25, 0.3) is 6.08 Å². The second-order valence-electron chi connectivity index (χ2n) is 3.00. The lowest BCUT2D eigenvalue weighted by molar-refractivity contribution is 0.0601. The minimum Gasteiger partial charge on any atom is -0.465 e. The Kier molecular flexibility index (Phi) is 3.51. The predicted molar refractivity (Wildman–Crippen MR) is 57.2 cm³/mol. The van der Waals surface area contributed by atoms with Crippen LogP contribution in [0.2, 0.25) is 0 Å². The largest absolute Gasteiger partial charge is 0.465 e. The molecule has 0 fully saturated rings. The smallest absolute Gasteiger partial charge is 0.337 e. The molecular weight excluding hydrogens is 175 g/mol. The van der Waals surface area contributed by atoms with E-state index in [-0.39, 0.29) is 5.97 Å². The second kappa shape index (κ2) is 4.65. The number of carbonyl (C=O) groups excluding carboxylic acids is 1. The molecule has 0 saturated carbocycles. The van der Waals surface area contributed by atoms with Gasteiger partial charge < -0.3 is 4.74 Å². The molecule has 2 radical (unpaired) electrons. The van der Waals surface area contributed by atoms with Crippen LogP contribution in [0.3, 0.4) is 0 Å². The van der Waals surface area contributed by atoms with E-state index in [0.717, 1.165) is 11.0 Å². The summed E-state index contributed by atoms with van der Waals surface area (Å²) >= 11 is 0. The van der Waals surface area contributed by atoms with Crippen molar-refractivity contribution >= 4 is 19.9 Å². The average molecular weight is 186 g/mol. The van der Waals surface area contributed by atoms with Crippen LogP contribution >= 0.6 is 0 Å². The molecule has 0 spiro atoms. The monoisotopic (exact) mass is 186 g/mol. The van der Waals surface area contributed by atoms with E-state index in [1.165, 1.54) is 7.11 Å². The third kappa shape index (κ3) is 2.77. The van der Waals surface area contributed by atoms with E-state index in [0.29, 0.717) is 5.56 Å². The summed E-state index contributed by atoms with van der Waals surface area (Å²) in [5, 5.41) is 0. The highest BCUT2D eigenvalue weighted by atomic mass is 16.5. The van der Waals surface area contributed by atoms with Gasteiger partial charge in [-0.2, -0.15) is 0 Å². The van der Waals surface area contributed by atoms with Gasteiger partial charge in [-0.1, -0.05) is 25.1 Å². The van der Waals surface area contributed by atoms with Crippen LogP contribution < -0.4 is 0 Å². The molecule has 0 unspecified atom stereocenters. The average Bonchev–Trinajstić information content (AvgIpc) is 2.17. The summed E-state index contributed by atoms with van der Waals surface area (Å²) in [6.45, 7) is 1.81. The van der Waals surface area contributed by atoms with Crippen molar-refractivity contribution < 1.29 is 9.53 Å². The zero-order valence-electron chi connectivity index (χ0n) is 8.28. The highest BCUT2D eigenvalue weighted by Crippen LogP contribution is 2.08. The van der Waals surface area contributed by atoms with Crippen molar-refractivity contribution in [3.05, 3.63) is 40.9 Å². The Morgan fingerprint density at radius 2 is 1.93 bits per heavy atom. The van der Waals surface area contributed by atoms with E-state index in [2.05, 4.69) is 4.74 Å². The molecule has 3 heteroatoms. The number of hydrogen-bond acceptors (Lipinski definition) is 2. The molecule has 2 nitrogen and oxygen atoms in total. The van der Waals surface area contributed by atoms with Gasteiger partial charge in [-0.3, -0.25) is 0 Å². The summed E-state index contributed by atoms with van der Waals surface area (Å²) in [7, 11) is 6.88. The van der Waals surface area contributed by atoms with Gasteiger partial charge in [0.2, 0.25) is 0 Å². The van der Waals surface area contributed by atoms with Crippen LogP contribution in [-0.4, -0.2) is 20.9 Å². The van der Waals surface area contributed by atoms with Crippen molar-refractivity contribution in [2.75, 3.05) is 7.11 Å². The molecule has 0 bridgehead atoms. The van der Waals surface area contributed by atoms with Gasteiger partial charge in [0.15, 0.2) is 0 Å². The summed E-state index contributed by atoms with van der Waals surface area (Å²) in [5.41, 5.74) is 2.24. The fourth-order valence-electron chi connectivity index (χ4n) is 1.10. The standard InChI is InChI=1S/C11H11BO2/c1-8(12)7-9-3-5-10(6-4-9)11(13)14-2/h3-7H,1-2H3/b8-7-. The normalized spacial score (nSPS) is 11.1. The summed E-state index contributed by atoms with van der Waals surface area (Å²) in [6.07, 6.45) is 1.83. The number of hydrogen-bond donors (Lipinski definition) is 0. The third-order valence-electron chi connectivity index (χ3n) is 1.73. The first-order valence-corrected chi connectivity index (χ1v) is 4.25. The van der Waals surface area contributed by atoms with Crippen LogP contribution in [0.5, 0.6) is 0 Å². The van der Waals surface area contributed by atoms with E-state index in [4.69, 9.17) is 7.85 Å². The Morgan fingerprint density at radius 3 is 2.36 bits per heavy atom. The molecule has 0 aliphatic carbocycles. The number of benzene rings is 1. The van der Waals surface area contributed by atoms with Gasteiger partial charge in [-0.25, -0.2) is 4.79 Å². The minimum atomic E-state index is -0.329. The Labute approximate surface area is 85.0 Å². The zero-order valence-corrected chi connectivity index (χ0v) is 8.28. The molecule has 1 aromatic carbocycles. The van der Waals surface area contributed by atoms with E-state index in [1.54, 1.807) is 12.1 Å². The molecule has 1 rings (SSSR count). The highest BCUT2D eigenvalue weighted by molar-refractivity contribution is 6.23. The van der Waals surface area contributed by atoms with Gasteiger partial charge in [0, 0.05) is 0 Å². The fourth-order valence-corrected chi connectivity index (χ4v) is 1.10. The highest BCUT2D eigenvalue weighted by Gasteiger charge is 2.02. The van der Waals surface area contributed by atoms with Crippen LogP contribution in [0.15, 0.2) is 29.7 Å². The molecule has 0 atom stereocenters. The number of allylic oxidation sites excluding steroid dienone is 1. The van der Waals surface area contributed by atoms with E-state index < -0.39 is 0 Å². The Morgan fingerprint density at radius 1 is 1.36 bits per heavy atom. The van der Waals surface area contributed by atoms with Crippen LogP contribution in [0.4, 0.5) is 0 Å². The van der Waals surface area contributed by atoms with Gasteiger partial charge in [0.05, 0.1) is 12.7 Å². The summed E-state index contributed by atoms with van der Waals surface area (Å²) in [6, 6.07) is 7.06. The summed E-state index contributed by atoms with van der Waals surface area (Å²) in [4.78, 5) is 11.1. The third-order valence-corrected chi connectivity index (χ3v) is 1.73. The summed E-state index contributed by atoms with van der Waals surface area (Å²) in [5.74, 6) is -0.329. The van der Waals surface area contributed by atoms with Crippen molar-refractivity contribution in [3.8, 4) is 0 Å². The van der Waals surface area contributed by atoms with Crippen molar-refractivity contribution in [1.82, 2.24) is 0 Å². The van der Waals surface area contributed by atoms with Crippen LogP contribution in [-0.2, 0) is 4.74 Å². The molecule has 0 aliphatic rings. The van der Waals surface area contributed by atoms with Gasteiger partial charge in [-0.05, 0) is 17.7 Å². The maximum atomic E-state index is 11.1. The molecule has 0 aliphatic heterocycles. The van der Waals surface area contributed by atoms with E-state index in [1.807, 2.05) is 25.1 Å². The first-order chi connectivity index (χ1) is 6.63. The van der Waals surface area contributed by atoms with Crippen molar-refractivity contribution in [3.63, 3.8) is 0 Å². The van der Waals surface area contributed by atoms with Gasteiger partial charge in [0.1, 0.15) is 7.85 Å². The first-order valence-electron chi connectivity index (χ1n) is 4.25. The quantitative estimate of drug-likeness (QED) is 0.521. The summed E-state index contributed by atoms with van der Waals surface area (Å²) < 4.78 is 4.58.